The number of guanidine groups is 1. The molecular formula is C19H25N5O2. The molecule has 0 aliphatic carbocycles. The maximum atomic E-state index is 5.89. The highest BCUT2D eigenvalue weighted by Crippen LogP contribution is 2.34. The van der Waals surface area contributed by atoms with Gasteiger partial charge in [-0.25, -0.2) is 4.68 Å². The largest absolute Gasteiger partial charge is 0.497 e. The fourth-order valence-electron chi connectivity index (χ4n) is 3.67. The van der Waals surface area contributed by atoms with Gasteiger partial charge in [-0.2, -0.15) is 5.10 Å². The first-order chi connectivity index (χ1) is 12.7. The first kappa shape index (κ1) is 16.9. The van der Waals surface area contributed by atoms with E-state index in [-0.39, 0.29) is 0 Å². The van der Waals surface area contributed by atoms with E-state index in [2.05, 4.69) is 20.7 Å². The van der Waals surface area contributed by atoms with Crippen LogP contribution >= 0.6 is 0 Å². The minimum atomic E-state index is 0.327. The normalized spacial score (nSPS) is 24.7. The number of aromatic nitrogens is 2. The molecule has 2 aliphatic rings. The quantitative estimate of drug-likeness (QED) is 0.633. The van der Waals surface area contributed by atoms with E-state index in [0.29, 0.717) is 24.8 Å². The second-order valence-corrected chi connectivity index (χ2v) is 6.74. The van der Waals surface area contributed by atoms with Gasteiger partial charge in [0.15, 0.2) is 5.96 Å². The lowest BCUT2D eigenvalue weighted by molar-refractivity contribution is 0.0992. The smallest absolute Gasteiger partial charge is 0.191 e. The van der Waals surface area contributed by atoms with Crippen LogP contribution in [0.3, 0.4) is 0 Å². The van der Waals surface area contributed by atoms with Crippen LogP contribution in [0, 0.1) is 0 Å². The summed E-state index contributed by atoms with van der Waals surface area (Å²) in [5.74, 6) is 1.63. The minimum Gasteiger partial charge on any atom is -0.497 e. The summed E-state index contributed by atoms with van der Waals surface area (Å²) in [6, 6.07) is 10.2. The number of aliphatic imine (C=N–C) groups is 1. The summed E-state index contributed by atoms with van der Waals surface area (Å²) >= 11 is 0. The van der Waals surface area contributed by atoms with Gasteiger partial charge in [0, 0.05) is 13.2 Å². The van der Waals surface area contributed by atoms with E-state index in [1.54, 1.807) is 14.2 Å². The monoisotopic (exact) mass is 355 g/mol. The summed E-state index contributed by atoms with van der Waals surface area (Å²) in [6.45, 7) is 0.616. The van der Waals surface area contributed by atoms with Crippen LogP contribution in [0.1, 0.15) is 25.0 Å². The molecule has 0 spiro atoms. The average Bonchev–Trinajstić information content (AvgIpc) is 3.42. The number of ether oxygens (including phenoxy) is 2. The number of hydrogen-bond acceptors (Lipinski definition) is 4. The second-order valence-electron chi connectivity index (χ2n) is 6.74. The van der Waals surface area contributed by atoms with Crippen molar-refractivity contribution in [2.24, 2.45) is 4.99 Å². The summed E-state index contributed by atoms with van der Waals surface area (Å²) in [7, 11) is 3.45. The number of nitrogens with zero attached hydrogens (tertiary/aromatic N) is 3. The Bertz CT molecular complexity index is 770. The third kappa shape index (κ3) is 3.53. The zero-order valence-corrected chi connectivity index (χ0v) is 15.2. The van der Waals surface area contributed by atoms with Gasteiger partial charge in [0.05, 0.1) is 43.3 Å². The molecule has 3 atom stereocenters. The molecule has 1 aromatic heterocycles. The molecule has 0 saturated carbocycles. The average molecular weight is 355 g/mol. The lowest BCUT2D eigenvalue weighted by Gasteiger charge is -2.22. The van der Waals surface area contributed by atoms with E-state index >= 15 is 0 Å². The Morgan fingerprint density at radius 3 is 2.81 bits per heavy atom. The lowest BCUT2D eigenvalue weighted by Crippen LogP contribution is -2.47. The van der Waals surface area contributed by atoms with Crippen LogP contribution in [-0.2, 0) is 11.3 Å². The van der Waals surface area contributed by atoms with Crippen LogP contribution in [-0.4, -0.2) is 48.1 Å². The number of rotatable bonds is 5. The van der Waals surface area contributed by atoms with Crippen LogP contribution < -0.4 is 15.4 Å². The summed E-state index contributed by atoms with van der Waals surface area (Å²) in [4.78, 5) is 4.32. The molecular weight excluding hydrogens is 330 g/mol. The molecule has 3 heterocycles. The van der Waals surface area contributed by atoms with Gasteiger partial charge in [0.25, 0.3) is 0 Å². The molecule has 2 saturated heterocycles. The summed E-state index contributed by atoms with van der Waals surface area (Å²) in [5.41, 5.74) is 1.95. The van der Waals surface area contributed by atoms with Crippen LogP contribution in [0.15, 0.2) is 41.5 Å². The van der Waals surface area contributed by atoms with Crippen molar-refractivity contribution in [3.63, 3.8) is 0 Å². The first-order valence-corrected chi connectivity index (χ1v) is 9.07. The van der Waals surface area contributed by atoms with E-state index in [1.807, 2.05) is 41.2 Å². The molecule has 0 radical (unpaired) electrons. The fraction of sp³-hybridized carbons (Fsp3) is 0.474. The number of methoxy groups -OCH3 is 1. The van der Waals surface area contributed by atoms with Gasteiger partial charge in [-0.05, 0) is 49.6 Å². The molecule has 1 aromatic carbocycles. The Hall–Kier alpha value is -2.54. The fourth-order valence-corrected chi connectivity index (χ4v) is 3.67. The van der Waals surface area contributed by atoms with Gasteiger partial charge < -0.3 is 20.1 Å². The molecule has 26 heavy (non-hydrogen) atoms. The standard InChI is InChI=1S/C19H25N5O2/c1-20-19(22-17-11-16-7-8-18(17)26-16)21-12-13-9-10-24(23-13)14-3-5-15(25-2)6-4-14/h3-6,9-10,16-18H,7-8,11-12H2,1-2H3,(H2,20,21,22). The Morgan fingerprint density at radius 2 is 2.15 bits per heavy atom. The second kappa shape index (κ2) is 7.37. The van der Waals surface area contributed by atoms with Crippen LogP contribution in [0.4, 0.5) is 0 Å². The van der Waals surface area contributed by atoms with Gasteiger partial charge in [0.1, 0.15) is 5.75 Å². The highest BCUT2D eigenvalue weighted by atomic mass is 16.5. The van der Waals surface area contributed by atoms with Crippen molar-refractivity contribution in [2.75, 3.05) is 14.2 Å². The van der Waals surface area contributed by atoms with Gasteiger partial charge in [-0.1, -0.05) is 0 Å². The van der Waals surface area contributed by atoms with E-state index in [0.717, 1.165) is 35.9 Å². The van der Waals surface area contributed by atoms with E-state index in [9.17, 15) is 0 Å². The van der Waals surface area contributed by atoms with E-state index in [1.165, 1.54) is 6.42 Å². The summed E-state index contributed by atoms with van der Waals surface area (Å²) in [6.07, 6.45) is 6.11. The van der Waals surface area contributed by atoms with E-state index in [4.69, 9.17) is 9.47 Å². The third-order valence-electron chi connectivity index (χ3n) is 5.07. The molecule has 2 aliphatic heterocycles. The molecule has 2 bridgehead atoms. The SMILES string of the molecule is CN=C(NCc1ccn(-c2ccc(OC)cc2)n1)NC1CC2CCC1O2. The van der Waals surface area contributed by atoms with Gasteiger partial charge in [0.2, 0.25) is 0 Å². The maximum Gasteiger partial charge on any atom is 0.191 e. The molecule has 2 fully saturated rings. The Kier molecular flexibility index (Phi) is 4.79. The van der Waals surface area contributed by atoms with Crippen molar-refractivity contribution in [2.45, 2.75) is 44.1 Å². The zero-order valence-electron chi connectivity index (χ0n) is 15.2. The maximum absolute atomic E-state index is 5.89. The first-order valence-electron chi connectivity index (χ1n) is 9.07. The highest BCUT2D eigenvalue weighted by Gasteiger charge is 2.41. The predicted molar refractivity (Wildman–Crippen MR) is 99.8 cm³/mol. The van der Waals surface area contributed by atoms with E-state index < -0.39 is 0 Å². The summed E-state index contributed by atoms with van der Waals surface area (Å²) < 4.78 is 12.9. The van der Waals surface area contributed by atoms with Crippen molar-refractivity contribution >= 4 is 5.96 Å². The summed E-state index contributed by atoms with van der Waals surface area (Å²) in [5, 5.41) is 11.4. The molecule has 2 aromatic rings. The number of benzene rings is 1. The van der Waals surface area contributed by atoms with Crippen molar-refractivity contribution in [3.05, 3.63) is 42.2 Å². The highest BCUT2D eigenvalue weighted by molar-refractivity contribution is 5.80. The Morgan fingerprint density at radius 1 is 1.31 bits per heavy atom. The zero-order chi connectivity index (χ0) is 17.9. The third-order valence-corrected chi connectivity index (χ3v) is 5.07. The number of fused-ring (bicyclic) bond motifs is 2. The molecule has 138 valence electrons. The molecule has 3 unspecified atom stereocenters. The molecule has 7 nitrogen and oxygen atoms in total. The van der Waals surface area contributed by atoms with Gasteiger partial charge in [-0.3, -0.25) is 4.99 Å². The van der Waals surface area contributed by atoms with Crippen LogP contribution in [0.5, 0.6) is 5.75 Å². The van der Waals surface area contributed by atoms with Crippen molar-refractivity contribution < 1.29 is 9.47 Å². The number of nitrogens with one attached hydrogen (secondary N) is 2. The number of hydrogen-bond donors (Lipinski definition) is 2. The van der Waals surface area contributed by atoms with Gasteiger partial charge in [-0.15, -0.1) is 0 Å². The molecule has 2 N–H and O–H groups in total. The lowest BCUT2D eigenvalue weighted by atomic mass is 9.96. The molecule has 0 amide bonds. The van der Waals surface area contributed by atoms with Crippen molar-refractivity contribution in [1.82, 2.24) is 20.4 Å². The van der Waals surface area contributed by atoms with Crippen molar-refractivity contribution in [1.29, 1.82) is 0 Å². The van der Waals surface area contributed by atoms with Gasteiger partial charge >= 0.3 is 0 Å². The van der Waals surface area contributed by atoms with Crippen molar-refractivity contribution in [3.8, 4) is 11.4 Å². The van der Waals surface area contributed by atoms with Crippen LogP contribution in [0.25, 0.3) is 5.69 Å². The predicted octanol–water partition coefficient (Wildman–Crippen LogP) is 1.87. The minimum absolute atomic E-state index is 0.327. The Balaban J connectivity index is 1.33. The molecule has 4 rings (SSSR count). The Labute approximate surface area is 153 Å². The van der Waals surface area contributed by atoms with Crippen LogP contribution in [0.2, 0.25) is 0 Å². The topological polar surface area (TPSA) is 72.7 Å². The molecule has 7 heteroatoms.